The van der Waals surface area contributed by atoms with E-state index < -0.39 is 36.4 Å². The number of nitrogens with zero attached hydrogens (tertiary/aromatic N) is 2. The predicted molar refractivity (Wildman–Crippen MR) is 81.2 cm³/mol. The molecule has 1 saturated heterocycles. The Labute approximate surface area is 151 Å². The molecule has 0 radical (unpaired) electrons. The molecule has 0 bridgehead atoms. The van der Waals surface area contributed by atoms with Crippen molar-refractivity contribution in [2.75, 3.05) is 19.7 Å². The van der Waals surface area contributed by atoms with Crippen LogP contribution in [0.1, 0.15) is 25.3 Å². The summed E-state index contributed by atoms with van der Waals surface area (Å²) in [6.45, 7) is 0.978. The highest BCUT2D eigenvalue weighted by Crippen LogP contribution is 2.27. The zero-order valence-corrected chi connectivity index (χ0v) is 14.3. The van der Waals surface area contributed by atoms with E-state index in [1.165, 1.54) is 17.2 Å². The number of alkyl halides is 6. The lowest BCUT2D eigenvalue weighted by molar-refractivity contribution is -0.189. The number of esters is 1. The number of amides is 1. The molecule has 0 saturated carbocycles. The van der Waals surface area contributed by atoms with Crippen LogP contribution >= 0.6 is 0 Å². The molecule has 1 aromatic rings. The second kappa shape index (κ2) is 9.56. The van der Waals surface area contributed by atoms with Crippen molar-refractivity contribution in [3.63, 3.8) is 0 Å². The molecule has 27 heavy (non-hydrogen) atoms. The maximum atomic E-state index is 11.8. The molecule has 0 aliphatic carbocycles. The van der Waals surface area contributed by atoms with Gasteiger partial charge >= 0.3 is 24.2 Å². The third kappa shape index (κ3) is 8.74. The van der Waals surface area contributed by atoms with Crippen molar-refractivity contribution in [3.05, 3.63) is 30.1 Å². The molecule has 11 heteroatoms. The smallest absolute Gasteiger partial charge is 0.422 e. The molecule has 2 rings (SSSR count). The Balaban J connectivity index is 0.000000309. The number of hydrogen-bond donors (Lipinski definition) is 0. The van der Waals surface area contributed by atoms with Crippen LogP contribution in [-0.4, -0.2) is 47.6 Å². The van der Waals surface area contributed by atoms with Crippen molar-refractivity contribution in [1.82, 2.24) is 9.88 Å². The van der Waals surface area contributed by atoms with E-state index in [4.69, 9.17) is 0 Å². The summed E-state index contributed by atoms with van der Waals surface area (Å²) in [7, 11) is 0. The molecule has 0 N–H and O–H groups in total. The quantitative estimate of drug-likeness (QED) is 0.412. The Bertz CT molecular complexity index is 619. The summed E-state index contributed by atoms with van der Waals surface area (Å²) in [5, 5.41) is 0. The average Bonchev–Trinajstić information content (AvgIpc) is 2.59. The van der Waals surface area contributed by atoms with Gasteiger partial charge in [-0.05, 0) is 30.9 Å². The highest BCUT2D eigenvalue weighted by atomic mass is 19.4. The maximum Gasteiger partial charge on any atom is 0.422 e. The lowest BCUT2D eigenvalue weighted by Gasteiger charge is -2.29. The second-order valence-corrected chi connectivity index (χ2v) is 5.93. The van der Waals surface area contributed by atoms with Gasteiger partial charge in [-0.1, -0.05) is 6.92 Å². The normalized spacial score (nSPS) is 17.6. The summed E-state index contributed by atoms with van der Waals surface area (Å²) < 4.78 is 74.5. The van der Waals surface area contributed by atoms with Crippen LogP contribution in [0.3, 0.4) is 0 Å². The van der Waals surface area contributed by atoms with Gasteiger partial charge in [0.1, 0.15) is 0 Å². The fourth-order valence-electron chi connectivity index (χ4n) is 2.24. The Hall–Kier alpha value is -2.33. The first-order chi connectivity index (χ1) is 12.4. The molecular formula is C16H18F6N2O3. The minimum Gasteiger partial charge on any atom is -0.449 e. The minimum atomic E-state index is -4.61. The minimum absolute atomic E-state index is 0.253. The van der Waals surface area contributed by atoms with E-state index in [1.54, 1.807) is 0 Å². The summed E-state index contributed by atoms with van der Waals surface area (Å²) in [6.07, 6.45) is -5.09. The summed E-state index contributed by atoms with van der Waals surface area (Å²) in [4.78, 5) is 27.1. The molecule has 1 fully saturated rings. The summed E-state index contributed by atoms with van der Waals surface area (Å²) in [5.74, 6) is -2.17. The number of aromatic nitrogens is 1. The van der Waals surface area contributed by atoms with E-state index in [1.807, 2.05) is 6.92 Å². The molecule has 2 heterocycles. The van der Waals surface area contributed by atoms with E-state index in [0.717, 1.165) is 25.1 Å². The zero-order chi connectivity index (χ0) is 20.7. The number of rotatable bonds is 1. The van der Waals surface area contributed by atoms with Gasteiger partial charge in [0, 0.05) is 25.5 Å². The molecule has 1 aliphatic rings. The first kappa shape index (κ1) is 22.7. The van der Waals surface area contributed by atoms with Crippen LogP contribution < -0.4 is 0 Å². The van der Waals surface area contributed by atoms with E-state index in [-0.39, 0.29) is 5.92 Å². The second-order valence-electron chi connectivity index (χ2n) is 5.93. The highest BCUT2D eigenvalue weighted by molar-refractivity contribution is 6.32. The van der Waals surface area contributed by atoms with Gasteiger partial charge in [0.05, 0.1) is 5.56 Å². The standard InChI is InChI=1S/C10H14F3NO3.C6H4F3N/c1-7-3-2-4-14(5-7)8(15)9(16)17-6-10(11,12)13;7-6(8,9)5-2-1-3-10-4-5/h7H,2-6H2,1H3;1-4H. The van der Waals surface area contributed by atoms with Crippen LogP contribution in [0.25, 0.3) is 0 Å². The van der Waals surface area contributed by atoms with Crippen LogP contribution in [0.2, 0.25) is 0 Å². The number of ether oxygens (including phenoxy) is 1. The van der Waals surface area contributed by atoms with Gasteiger partial charge in [0.15, 0.2) is 6.61 Å². The monoisotopic (exact) mass is 400 g/mol. The average molecular weight is 400 g/mol. The van der Waals surface area contributed by atoms with Gasteiger partial charge in [-0.3, -0.25) is 9.78 Å². The number of hydrogen-bond acceptors (Lipinski definition) is 4. The van der Waals surface area contributed by atoms with Crippen LogP contribution in [0, 0.1) is 5.92 Å². The van der Waals surface area contributed by atoms with Gasteiger partial charge in [-0.2, -0.15) is 26.3 Å². The zero-order valence-electron chi connectivity index (χ0n) is 14.3. The van der Waals surface area contributed by atoms with Gasteiger partial charge in [0.25, 0.3) is 0 Å². The number of piperidine rings is 1. The topological polar surface area (TPSA) is 59.5 Å². The summed E-state index contributed by atoms with van der Waals surface area (Å²) in [6, 6.07) is 2.23. The van der Waals surface area contributed by atoms with Gasteiger partial charge < -0.3 is 9.64 Å². The van der Waals surface area contributed by atoms with E-state index in [2.05, 4.69) is 9.72 Å². The van der Waals surface area contributed by atoms with Gasteiger partial charge in [-0.25, -0.2) is 4.79 Å². The van der Waals surface area contributed by atoms with E-state index >= 15 is 0 Å². The lowest BCUT2D eigenvalue weighted by Crippen LogP contribution is -2.44. The summed E-state index contributed by atoms with van der Waals surface area (Å²) in [5.41, 5.74) is -0.713. The molecule has 0 aromatic carbocycles. The SMILES string of the molecule is CC1CCCN(C(=O)C(=O)OCC(F)(F)F)C1.FC(F)(F)c1cccnc1. The van der Waals surface area contributed by atoms with Crippen molar-refractivity contribution >= 4 is 11.9 Å². The Kier molecular flexibility index (Phi) is 8.04. The third-order valence-electron chi connectivity index (χ3n) is 3.47. The third-order valence-corrected chi connectivity index (χ3v) is 3.47. The Morgan fingerprint density at radius 3 is 2.37 bits per heavy atom. The Morgan fingerprint density at radius 2 is 1.93 bits per heavy atom. The van der Waals surface area contributed by atoms with Gasteiger partial charge in [0.2, 0.25) is 0 Å². The van der Waals surface area contributed by atoms with Gasteiger partial charge in [-0.15, -0.1) is 0 Å². The van der Waals surface area contributed by atoms with Crippen LogP contribution in [0.4, 0.5) is 26.3 Å². The summed E-state index contributed by atoms with van der Waals surface area (Å²) >= 11 is 0. The molecule has 1 unspecified atom stereocenters. The molecule has 1 atom stereocenters. The van der Waals surface area contributed by atoms with Crippen molar-refractivity contribution in [2.45, 2.75) is 32.1 Å². The molecule has 1 amide bonds. The first-order valence-corrected chi connectivity index (χ1v) is 7.90. The van der Waals surface area contributed by atoms with Crippen molar-refractivity contribution in [3.8, 4) is 0 Å². The molecule has 0 spiro atoms. The van der Waals surface area contributed by atoms with Crippen molar-refractivity contribution in [2.24, 2.45) is 5.92 Å². The largest absolute Gasteiger partial charge is 0.449 e. The molecule has 152 valence electrons. The maximum absolute atomic E-state index is 11.8. The number of carbonyl (C=O) groups is 2. The van der Waals surface area contributed by atoms with Crippen LogP contribution in [0.15, 0.2) is 24.5 Å². The fourth-order valence-corrected chi connectivity index (χ4v) is 2.24. The van der Waals surface area contributed by atoms with Crippen molar-refractivity contribution < 1.29 is 40.7 Å². The van der Waals surface area contributed by atoms with E-state index in [9.17, 15) is 35.9 Å². The molecule has 1 aliphatic heterocycles. The molecule has 5 nitrogen and oxygen atoms in total. The predicted octanol–water partition coefficient (Wildman–Crippen LogP) is 3.45. The number of pyridine rings is 1. The highest BCUT2D eigenvalue weighted by Gasteiger charge is 2.33. The number of carbonyl (C=O) groups excluding carboxylic acids is 2. The number of halogens is 6. The molecule has 1 aromatic heterocycles. The first-order valence-electron chi connectivity index (χ1n) is 7.90. The van der Waals surface area contributed by atoms with Crippen LogP contribution in [0.5, 0.6) is 0 Å². The Morgan fingerprint density at radius 1 is 1.26 bits per heavy atom. The molecular weight excluding hydrogens is 382 g/mol. The van der Waals surface area contributed by atoms with Crippen LogP contribution in [-0.2, 0) is 20.5 Å². The fraction of sp³-hybridized carbons (Fsp3) is 0.562. The van der Waals surface area contributed by atoms with Crippen molar-refractivity contribution in [1.29, 1.82) is 0 Å². The lowest BCUT2D eigenvalue weighted by atomic mass is 10.0. The number of likely N-dealkylation sites (tertiary alicyclic amines) is 1. The van der Waals surface area contributed by atoms with E-state index in [0.29, 0.717) is 13.1 Å².